The molecule has 0 aliphatic heterocycles. The highest BCUT2D eigenvalue weighted by molar-refractivity contribution is 5.17. The summed E-state index contributed by atoms with van der Waals surface area (Å²) < 4.78 is 7.37. The highest BCUT2D eigenvalue weighted by Crippen LogP contribution is 2.19. The smallest absolute Gasteiger partial charge is 0.110 e. The second-order valence-electron chi connectivity index (χ2n) is 3.99. The van der Waals surface area contributed by atoms with Crippen LogP contribution in [0.3, 0.4) is 0 Å². The van der Waals surface area contributed by atoms with Gasteiger partial charge in [-0.15, -0.1) is 0 Å². The summed E-state index contributed by atoms with van der Waals surface area (Å²) in [7, 11) is 3.96. The van der Waals surface area contributed by atoms with E-state index in [9.17, 15) is 0 Å². The number of imidazole rings is 1. The molecule has 0 saturated carbocycles. The highest BCUT2D eigenvalue weighted by Gasteiger charge is 2.14. The van der Waals surface area contributed by atoms with Crippen LogP contribution in [0.2, 0.25) is 0 Å². The second-order valence-corrected chi connectivity index (χ2v) is 3.99. The predicted molar refractivity (Wildman–Crippen MR) is 62.2 cm³/mol. The molecule has 86 valence electrons. The van der Waals surface area contributed by atoms with Crippen LogP contribution in [-0.4, -0.2) is 16.6 Å². The molecule has 0 aliphatic carbocycles. The summed E-state index contributed by atoms with van der Waals surface area (Å²) in [6.45, 7) is 1.96. The Labute approximate surface area is 95.3 Å². The third kappa shape index (κ3) is 2.17. The fourth-order valence-corrected chi connectivity index (χ4v) is 1.81. The first-order chi connectivity index (χ1) is 7.70. The average Bonchev–Trinajstić information content (AvgIpc) is 2.85. The van der Waals surface area contributed by atoms with Gasteiger partial charge in [0.2, 0.25) is 0 Å². The van der Waals surface area contributed by atoms with Crippen LogP contribution in [-0.2, 0) is 13.5 Å². The molecule has 0 fully saturated rings. The van der Waals surface area contributed by atoms with Crippen LogP contribution in [0.25, 0.3) is 0 Å². The van der Waals surface area contributed by atoms with Crippen molar-refractivity contribution < 1.29 is 4.42 Å². The summed E-state index contributed by atoms with van der Waals surface area (Å²) in [4.78, 5) is 4.33. The quantitative estimate of drug-likeness (QED) is 0.853. The molecule has 1 N–H and O–H groups in total. The normalized spacial score (nSPS) is 12.9. The van der Waals surface area contributed by atoms with Gasteiger partial charge in [-0.2, -0.15) is 0 Å². The van der Waals surface area contributed by atoms with Gasteiger partial charge in [-0.3, -0.25) is 0 Å². The molecule has 16 heavy (non-hydrogen) atoms. The van der Waals surface area contributed by atoms with Gasteiger partial charge in [0, 0.05) is 37.5 Å². The third-order valence-corrected chi connectivity index (χ3v) is 2.81. The number of nitrogens with one attached hydrogen (secondary N) is 1. The summed E-state index contributed by atoms with van der Waals surface area (Å²) in [6, 6.07) is 2.31. The first-order valence-corrected chi connectivity index (χ1v) is 5.39. The van der Waals surface area contributed by atoms with Crippen molar-refractivity contribution in [2.24, 2.45) is 7.05 Å². The van der Waals surface area contributed by atoms with E-state index in [1.54, 1.807) is 6.26 Å². The van der Waals surface area contributed by atoms with Gasteiger partial charge < -0.3 is 14.3 Å². The van der Waals surface area contributed by atoms with Gasteiger partial charge >= 0.3 is 0 Å². The van der Waals surface area contributed by atoms with Crippen molar-refractivity contribution in [1.29, 1.82) is 0 Å². The van der Waals surface area contributed by atoms with Crippen LogP contribution < -0.4 is 5.32 Å². The number of furan rings is 1. The molecule has 0 bridgehead atoms. The summed E-state index contributed by atoms with van der Waals surface area (Å²) in [5, 5.41) is 3.28. The SMILES string of the molecule is CNC(Cc1nccn1C)c1coc(C)c1. The molecule has 1 atom stereocenters. The van der Waals surface area contributed by atoms with E-state index in [0.717, 1.165) is 18.0 Å². The van der Waals surface area contributed by atoms with Crippen molar-refractivity contribution in [3.63, 3.8) is 0 Å². The molecule has 4 heteroatoms. The van der Waals surface area contributed by atoms with Crippen LogP contribution in [0, 0.1) is 6.92 Å². The van der Waals surface area contributed by atoms with Crippen LogP contribution >= 0.6 is 0 Å². The minimum atomic E-state index is 0.249. The molecule has 0 amide bonds. The number of likely N-dealkylation sites (N-methyl/N-ethyl adjacent to an activating group) is 1. The van der Waals surface area contributed by atoms with E-state index in [2.05, 4.69) is 16.4 Å². The zero-order valence-electron chi connectivity index (χ0n) is 9.90. The molecule has 2 heterocycles. The predicted octanol–water partition coefficient (Wildman–Crippen LogP) is 1.82. The van der Waals surface area contributed by atoms with Gasteiger partial charge in [0.05, 0.1) is 6.26 Å². The van der Waals surface area contributed by atoms with Crippen molar-refractivity contribution in [2.45, 2.75) is 19.4 Å². The van der Waals surface area contributed by atoms with Crippen LogP contribution in [0.5, 0.6) is 0 Å². The van der Waals surface area contributed by atoms with Crippen molar-refractivity contribution in [3.8, 4) is 0 Å². The number of rotatable bonds is 4. The molecular weight excluding hydrogens is 202 g/mol. The maximum Gasteiger partial charge on any atom is 0.110 e. The first-order valence-electron chi connectivity index (χ1n) is 5.39. The van der Waals surface area contributed by atoms with Gasteiger partial charge in [-0.25, -0.2) is 4.98 Å². The molecule has 0 spiro atoms. The number of hydrogen-bond acceptors (Lipinski definition) is 3. The van der Waals surface area contributed by atoms with Crippen LogP contribution in [0.15, 0.2) is 29.1 Å². The molecule has 0 aliphatic rings. The number of aromatic nitrogens is 2. The second kappa shape index (κ2) is 4.53. The van der Waals surface area contributed by atoms with E-state index < -0.39 is 0 Å². The van der Waals surface area contributed by atoms with Gasteiger partial charge in [-0.1, -0.05) is 0 Å². The Hall–Kier alpha value is -1.55. The number of nitrogens with zero attached hydrogens (tertiary/aromatic N) is 2. The van der Waals surface area contributed by atoms with E-state index in [1.165, 1.54) is 5.56 Å². The monoisotopic (exact) mass is 219 g/mol. The minimum absolute atomic E-state index is 0.249. The van der Waals surface area contributed by atoms with E-state index in [0.29, 0.717) is 0 Å². The molecule has 2 aromatic heterocycles. The lowest BCUT2D eigenvalue weighted by molar-refractivity contribution is 0.515. The maximum atomic E-state index is 5.33. The molecule has 2 aromatic rings. The maximum absolute atomic E-state index is 5.33. The number of hydrogen-bond donors (Lipinski definition) is 1. The zero-order chi connectivity index (χ0) is 11.5. The van der Waals surface area contributed by atoms with Crippen LogP contribution in [0.4, 0.5) is 0 Å². The lowest BCUT2D eigenvalue weighted by atomic mass is 10.1. The van der Waals surface area contributed by atoms with Crippen molar-refractivity contribution in [3.05, 3.63) is 41.9 Å². The molecule has 0 saturated heterocycles. The molecule has 2 rings (SSSR count). The largest absolute Gasteiger partial charge is 0.469 e. The highest BCUT2D eigenvalue weighted by atomic mass is 16.3. The van der Waals surface area contributed by atoms with Gasteiger partial charge in [-0.05, 0) is 20.0 Å². The average molecular weight is 219 g/mol. The summed E-state index contributed by atoms with van der Waals surface area (Å²) >= 11 is 0. The lowest BCUT2D eigenvalue weighted by Gasteiger charge is -2.13. The van der Waals surface area contributed by atoms with Crippen LogP contribution in [0.1, 0.15) is 23.2 Å². The van der Waals surface area contributed by atoms with Gasteiger partial charge in [0.1, 0.15) is 11.6 Å². The fraction of sp³-hybridized carbons (Fsp3) is 0.417. The Balaban J connectivity index is 2.15. The Morgan fingerprint density at radius 2 is 2.38 bits per heavy atom. The molecule has 0 radical (unpaired) electrons. The van der Waals surface area contributed by atoms with Gasteiger partial charge in [0.15, 0.2) is 0 Å². The molecule has 1 unspecified atom stereocenters. The van der Waals surface area contributed by atoms with Gasteiger partial charge in [0.25, 0.3) is 0 Å². The van der Waals surface area contributed by atoms with Crippen molar-refractivity contribution in [1.82, 2.24) is 14.9 Å². The van der Waals surface area contributed by atoms with Crippen molar-refractivity contribution >= 4 is 0 Å². The Kier molecular flexibility index (Phi) is 3.10. The van der Waals surface area contributed by atoms with E-state index in [1.807, 2.05) is 38.0 Å². The van der Waals surface area contributed by atoms with Crippen molar-refractivity contribution in [2.75, 3.05) is 7.05 Å². The van der Waals surface area contributed by atoms with E-state index >= 15 is 0 Å². The standard InChI is InChI=1S/C12H17N3O/c1-9-6-10(8-16-9)11(13-2)7-12-14-4-5-15(12)3/h4-6,8,11,13H,7H2,1-3H3. The van der Waals surface area contributed by atoms with E-state index in [4.69, 9.17) is 4.42 Å². The number of aryl methyl sites for hydroxylation is 2. The Morgan fingerprint density at radius 1 is 1.56 bits per heavy atom. The summed E-state index contributed by atoms with van der Waals surface area (Å²) in [5.74, 6) is 2.01. The minimum Gasteiger partial charge on any atom is -0.469 e. The fourth-order valence-electron chi connectivity index (χ4n) is 1.81. The lowest BCUT2D eigenvalue weighted by Crippen LogP contribution is -2.19. The molecule has 4 nitrogen and oxygen atoms in total. The zero-order valence-corrected chi connectivity index (χ0v) is 9.90. The topological polar surface area (TPSA) is 43.0 Å². The van der Waals surface area contributed by atoms with E-state index in [-0.39, 0.29) is 6.04 Å². The third-order valence-electron chi connectivity index (χ3n) is 2.81. The summed E-state index contributed by atoms with van der Waals surface area (Å²) in [6.07, 6.45) is 6.45. The Morgan fingerprint density at radius 3 is 2.88 bits per heavy atom. The Bertz CT molecular complexity index is 458. The summed E-state index contributed by atoms with van der Waals surface area (Å²) in [5.41, 5.74) is 1.17. The first kappa shape index (κ1) is 11.0. The molecular formula is C12H17N3O. The molecule has 0 aromatic carbocycles.